The van der Waals surface area contributed by atoms with Crippen molar-refractivity contribution in [2.24, 2.45) is 7.05 Å². The summed E-state index contributed by atoms with van der Waals surface area (Å²) in [6, 6.07) is 0. The van der Waals surface area contributed by atoms with Gasteiger partial charge in [0.05, 0.1) is 12.0 Å². The lowest BCUT2D eigenvalue weighted by atomic mass is 9.89. The van der Waals surface area contributed by atoms with Gasteiger partial charge in [0, 0.05) is 43.4 Å². The molecule has 100 valence electrons. The number of amides is 1. The normalized spacial score (nSPS) is 18.3. The van der Waals surface area contributed by atoms with Crippen molar-refractivity contribution in [3.05, 3.63) is 29.5 Å². The van der Waals surface area contributed by atoms with E-state index in [4.69, 9.17) is 0 Å². The molecule has 1 atom stereocenters. The second kappa shape index (κ2) is 4.22. The lowest BCUT2D eigenvalue weighted by molar-refractivity contribution is -0.116. The van der Waals surface area contributed by atoms with Crippen LogP contribution >= 0.6 is 0 Å². The quantitative estimate of drug-likeness (QED) is 0.887. The van der Waals surface area contributed by atoms with Gasteiger partial charge in [0.25, 0.3) is 0 Å². The van der Waals surface area contributed by atoms with Crippen molar-refractivity contribution < 1.29 is 4.79 Å². The van der Waals surface area contributed by atoms with Crippen LogP contribution < -0.4 is 5.32 Å². The van der Waals surface area contributed by atoms with E-state index < -0.39 is 0 Å². The maximum absolute atomic E-state index is 11.9. The lowest BCUT2D eigenvalue weighted by Gasteiger charge is -2.24. The number of imidazole rings is 1. The van der Waals surface area contributed by atoms with Gasteiger partial charge in [0.1, 0.15) is 5.82 Å². The fourth-order valence-electron chi connectivity index (χ4n) is 2.85. The number of aromatic nitrogens is 4. The molecule has 0 radical (unpaired) electrons. The van der Waals surface area contributed by atoms with Crippen LogP contribution in [0.1, 0.15) is 36.2 Å². The highest BCUT2D eigenvalue weighted by Gasteiger charge is 2.33. The average Bonchev–Trinajstić information content (AvgIpc) is 2.94. The first-order chi connectivity index (χ1) is 9.11. The Morgan fingerprint density at radius 2 is 2.32 bits per heavy atom. The van der Waals surface area contributed by atoms with Gasteiger partial charge in [-0.15, -0.1) is 0 Å². The first-order valence-electron chi connectivity index (χ1n) is 6.45. The predicted molar refractivity (Wildman–Crippen MR) is 70.9 cm³/mol. The molecule has 0 fully saturated rings. The zero-order valence-electron chi connectivity index (χ0n) is 11.3. The molecular weight excluding hydrogens is 242 g/mol. The molecule has 0 bridgehead atoms. The van der Waals surface area contributed by atoms with Gasteiger partial charge in [0.2, 0.25) is 5.91 Å². The number of carbonyl (C=O) groups is 1. The molecule has 0 aliphatic carbocycles. The van der Waals surface area contributed by atoms with Crippen molar-refractivity contribution in [1.82, 2.24) is 19.3 Å². The van der Waals surface area contributed by atoms with Gasteiger partial charge in [-0.3, -0.25) is 9.48 Å². The SMILES string of the molecule is CCn1cncc1[C@H]1CC(=O)Nc2c1c(C)nn2C. The number of aryl methyl sites for hydroxylation is 3. The van der Waals surface area contributed by atoms with Crippen molar-refractivity contribution >= 4 is 11.7 Å². The highest BCUT2D eigenvalue weighted by molar-refractivity contribution is 5.94. The Kier molecular flexibility index (Phi) is 2.66. The Balaban J connectivity index is 2.16. The maximum atomic E-state index is 11.9. The number of hydrogen-bond acceptors (Lipinski definition) is 3. The van der Waals surface area contributed by atoms with Gasteiger partial charge in [-0.1, -0.05) is 0 Å². The van der Waals surface area contributed by atoms with Crippen molar-refractivity contribution in [1.29, 1.82) is 0 Å². The van der Waals surface area contributed by atoms with Crippen LogP contribution in [0.2, 0.25) is 0 Å². The molecule has 1 amide bonds. The van der Waals surface area contributed by atoms with Gasteiger partial charge < -0.3 is 9.88 Å². The van der Waals surface area contributed by atoms with Crippen molar-refractivity contribution in [2.75, 3.05) is 5.32 Å². The highest BCUT2D eigenvalue weighted by atomic mass is 16.1. The van der Waals surface area contributed by atoms with E-state index in [1.807, 2.05) is 26.5 Å². The van der Waals surface area contributed by atoms with Gasteiger partial charge >= 0.3 is 0 Å². The van der Waals surface area contributed by atoms with Gasteiger partial charge in [-0.05, 0) is 13.8 Å². The molecular formula is C13H17N5O. The van der Waals surface area contributed by atoms with E-state index in [9.17, 15) is 4.79 Å². The van der Waals surface area contributed by atoms with E-state index in [-0.39, 0.29) is 11.8 Å². The van der Waals surface area contributed by atoms with E-state index in [1.54, 1.807) is 4.68 Å². The number of fused-ring (bicyclic) bond motifs is 1. The summed E-state index contributed by atoms with van der Waals surface area (Å²) < 4.78 is 3.82. The summed E-state index contributed by atoms with van der Waals surface area (Å²) in [5.74, 6) is 0.881. The van der Waals surface area contributed by atoms with E-state index in [2.05, 4.69) is 26.9 Å². The molecule has 6 heteroatoms. The molecule has 0 unspecified atom stereocenters. The predicted octanol–water partition coefficient (Wildman–Crippen LogP) is 1.42. The monoisotopic (exact) mass is 259 g/mol. The van der Waals surface area contributed by atoms with Crippen molar-refractivity contribution in [2.45, 2.75) is 32.7 Å². The Bertz CT molecular complexity index is 639. The number of hydrogen-bond donors (Lipinski definition) is 1. The van der Waals surface area contributed by atoms with Crippen molar-refractivity contribution in [3.8, 4) is 0 Å². The number of nitrogens with zero attached hydrogens (tertiary/aromatic N) is 4. The van der Waals surface area contributed by atoms with Crippen LogP contribution in [-0.2, 0) is 18.4 Å². The molecule has 3 rings (SSSR count). The van der Waals surface area contributed by atoms with Gasteiger partial charge in [-0.2, -0.15) is 5.10 Å². The number of anilines is 1. The maximum Gasteiger partial charge on any atom is 0.226 e. The van der Waals surface area contributed by atoms with Crippen LogP contribution in [-0.4, -0.2) is 25.2 Å². The fourth-order valence-corrected chi connectivity index (χ4v) is 2.85. The van der Waals surface area contributed by atoms with Crippen LogP contribution in [0.15, 0.2) is 12.5 Å². The molecule has 1 aliphatic rings. The third-order valence-corrected chi connectivity index (χ3v) is 3.71. The van der Waals surface area contributed by atoms with Crippen LogP contribution in [0.4, 0.5) is 5.82 Å². The molecule has 19 heavy (non-hydrogen) atoms. The Morgan fingerprint density at radius 3 is 3.05 bits per heavy atom. The Labute approximate surface area is 111 Å². The zero-order valence-corrected chi connectivity index (χ0v) is 11.3. The van der Waals surface area contributed by atoms with Crippen LogP contribution in [0.3, 0.4) is 0 Å². The minimum absolute atomic E-state index is 0.0318. The number of rotatable bonds is 2. The summed E-state index contributed by atoms with van der Waals surface area (Å²) in [6.45, 7) is 4.91. The summed E-state index contributed by atoms with van der Waals surface area (Å²) >= 11 is 0. The third-order valence-electron chi connectivity index (χ3n) is 3.71. The summed E-state index contributed by atoms with van der Waals surface area (Å²) in [5, 5.41) is 7.33. The summed E-state index contributed by atoms with van der Waals surface area (Å²) in [4.78, 5) is 16.1. The van der Waals surface area contributed by atoms with Crippen LogP contribution in [0.5, 0.6) is 0 Å². The van der Waals surface area contributed by atoms with Gasteiger partial charge in [0.15, 0.2) is 0 Å². The molecule has 3 heterocycles. The average molecular weight is 259 g/mol. The Morgan fingerprint density at radius 1 is 1.53 bits per heavy atom. The Hall–Kier alpha value is -2.11. The molecule has 0 aromatic carbocycles. The first-order valence-corrected chi connectivity index (χ1v) is 6.45. The lowest BCUT2D eigenvalue weighted by Crippen LogP contribution is -2.25. The minimum Gasteiger partial charge on any atom is -0.334 e. The highest BCUT2D eigenvalue weighted by Crippen LogP contribution is 2.38. The standard InChI is InChI=1S/C13H17N5O/c1-4-18-7-14-6-10(18)9-5-11(19)15-13-12(9)8(2)16-17(13)3/h6-7,9H,4-5H2,1-3H3,(H,15,19)/t9-/m1/s1. The molecule has 2 aromatic heterocycles. The fraction of sp³-hybridized carbons (Fsp3) is 0.462. The molecule has 1 N–H and O–H groups in total. The van der Waals surface area contributed by atoms with E-state index in [0.717, 1.165) is 29.3 Å². The molecule has 1 aliphatic heterocycles. The molecule has 0 saturated carbocycles. The number of nitrogens with one attached hydrogen (secondary N) is 1. The first kappa shape index (κ1) is 12.0. The van der Waals surface area contributed by atoms with E-state index >= 15 is 0 Å². The molecule has 6 nitrogen and oxygen atoms in total. The number of carbonyl (C=O) groups excluding carboxylic acids is 1. The summed E-state index contributed by atoms with van der Waals surface area (Å²) in [7, 11) is 1.85. The summed E-state index contributed by atoms with van der Waals surface area (Å²) in [6.07, 6.45) is 4.11. The van der Waals surface area contributed by atoms with Crippen molar-refractivity contribution in [3.63, 3.8) is 0 Å². The second-order valence-electron chi connectivity index (χ2n) is 4.88. The van der Waals surface area contributed by atoms with Gasteiger partial charge in [-0.25, -0.2) is 4.98 Å². The summed E-state index contributed by atoms with van der Waals surface area (Å²) in [5.41, 5.74) is 3.15. The third kappa shape index (κ3) is 1.75. The van der Waals surface area contributed by atoms with E-state index in [1.165, 1.54) is 0 Å². The molecule has 2 aromatic rings. The largest absolute Gasteiger partial charge is 0.334 e. The van der Waals surface area contributed by atoms with Crippen LogP contribution in [0.25, 0.3) is 0 Å². The zero-order chi connectivity index (χ0) is 13.6. The second-order valence-corrected chi connectivity index (χ2v) is 4.88. The molecule has 0 spiro atoms. The van der Waals surface area contributed by atoms with E-state index in [0.29, 0.717) is 6.42 Å². The minimum atomic E-state index is 0.0318. The van der Waals surface area contributed by atoms with Crippen LogP contribution in [0, 0.1) is 6.92 Å². The topological polar surface area (TPSA) is 64.7 Å². The molecule has 0 saturated heterocycles. The smallest absolute Gasteiger partial charge is 0.226 e.